The molecule has 0 bridgehead atoms. The van der Waals surface area contributed by atoms with Crippen LogP contribution in [-0.2, 0) is 9.47 Å². The van der Waals surface area contributed by atoms with E-state index in [1.54, 1.807) is 0 Å². The number of rotatable bonds is 4. The van der Waals surface area contributed by atoms with Crippen LogP contribution in [0.5, 0.6) is 0 Å². The number of hydrogen-bond donors (Lipinski definition) is 8. The van der Waals surface area contributed by atoms with Gasteiger partial charge in [0, 0.05) is 6.42 Å². The first-order valence-electron chi connectivity index (χ1n) is 7.42. The summed E-state index contributed by atoms with van der Waals surface area (Å²) in [6.07, 6.45) is -13.7. The van der Waals surface area contributed by atoms with Crippen LogP contribution >= 0.6 is 0 Å². The van der Waals surface area contributed by atoms with E-state index in [9.17, 15) is 30.6 Å². The molecule has 2 fully saturated rings. The molecule has 0 unspecified atom stereocenters. The average Bonchev–Trinajstić information content (AvgIpc) is 2.55. The largest absolute Gasteiger partial charge is 0.394 e. The maximum atomic E-state index is 9.96. The summed E-state index contributed by atoms with van der Waals surface area (Å²) in [5, 5.41) is 77.1. The van der Waals surface area contributed by atoms with Gasteiger partial charge >= 0.3 is 0 Å². The van der Waals surface area contributed by atoms with E-state index in [1.165, 1.54) is 0 Å². The van der Waals surface area contributed by atoms with Crippen molar-refractivity contribution < 1.29 is 50.3 Å². The molecule has 10 nitrogen and oxygen atoms in total. The number of aliphatic hydroxyl groups is 8. The SMILES string of the molecule is OC[C@H]1O[C@@H](C[C@H]2O[C@H](CO)[C@@H](O)[C@H](O)[C@@H]2O)[C@H](O)[C@@H](O)[C@H]1O. The summed E-state index contributed by atoms with van der Waals surface area (Å²) in [4.78, 5) is 0. The van der Waals surface area contributed by atoms with Gasteiger partial charge in [0.15, 0.2) is 0 Å². The van der Waals surface area contributed by atoms with E-state index in [-0.39, 0.29) is 6.42 Å². The quantitative estimate of drug-likeness (QED) is 0.247. The maximum Gasteiger partial charge on any atom is 0.111 e. The molecule has 10 heteroatoms. The van der Waals surface area contributed by atoms with Crippen molar-refractivity contribution >= 4 is 0 Å². The Morgan fingerprint density at radius 2 is 0.783 bits per heavy atom. The molecule has 2 rings (SSSR count). The molecule has 0 amide bonds. The molecule has 0 aromatic rings. The van der Waals surface area contributed by atoms with Gasteiger partial charge in [-0.2, -0.15) is 0 Å². The van der Waals surface area contributed by atoms with E-state index >= 15 is 0 Å². The third-order valence-electron chi connectivity index (χ3n) is 4.45. The molecule has 10 atom stereocenters. The van der Waals surface area contributed by atoms with E-state index < -0.39 is 74.3 Å². The van der Waals surface area contributed by atoms with Gasteiger partial charge < -0.3 is 50.3 Å². The zero-order chi connectivity index (χ0) is 17.3. The first-order valence-corrected chi connectivity index (χ1v) is 7.42. The van der Waals surface area contributed by atoms with E-state index in [0.29, 0.717) is 0 Å². The highest BCUT2D eigenvalue weighted by atomic mass is 16.6. The Balaban J connectivity index is 2.07. The van der Waals surface area contributed by atoms with E-state index in [2.05, 4.69) is 0 Å². The zero-order valence-corrected chi connectivity index (χ0v) is 12.3. The Kier molecular flexibility index (Phi) is 6.30. The molecule has 23 heavy (non-hydrogen) atoms. The lowest BCUT2D eigenvalue weighted by molar-refractivity contribution is -0.262. The van der Waals surface area contributed by atoms with Crippen LogP contribution < -0.4 is 0 Å². The van der Waals surface area contributed by atoms with Crippen LogP contribution in [0.3, 0.4) is 0 Å². The van der Waals surface area contributed by atoms with Gasteiger partial charge in [-0.15, -0.1) is 0 Å². The summed E-state index contributed by atoms with van der Waals surface area (Å²) in [7, 11) is 0. The Morgan fingerprint density at radius 3 is 1.09 bits per heavy atom. The molecule has 8 N–H and O–H groups in total. The third-order valence-corrected chi connectivity index (χ3v) is 4.45. The standard InChI is InChI=1S/C13H24O10/c14-2-6-10(18)12(20)8(16)4(22-6)1-5-9(17)13(21)11(19)7(3-15)23-5/h4-21H,1-3H2/t4-,5+,6-,7-,8-,9+,10-,11+,12-,13-/m1/s1. The Labute approximate surface area is 132 Å². The molecule has 0 aromatic heterocycles. The summed E-state index contributed by atoms with van der Waals surface area (Å²) in [6.45, 7) is -1.17. The molecule has 0 radical (unpaired) electrons. The fraction of sp³-hybridized carbons (Fsp3) is 1.00. The number of hydrogen-bond acceptors (Lipinski definition) is 10. The minimum atomic E-state index is -1.56. The van der Waals surface area contributed by atoms with Crippen molar-refractivity contribution in [3.63, 3.8) is 0 Å². The molecule has 2 aliphatic heterocycles. The summed E-state index contributed by atoms with van der Waals surface area (Å²) in [6, 6.07) is 0. The van der Waals surface area contributed by atoms with Gasteiger partial charge in [0.1, 0.15) is 48.8 Å². The lowest BCUT2D eigenvalue weighted by Gasteiger charge is -2.44. The van der Waals surface area contributed by atoms with Crippen LogP contribution in [0.25, 0.3) is 0 Å². The predicted molar refractivity (Wildman–Crippen MR) is 72.2 cm³/mol. The molecular formula is C13H24O10. The first kappa shape index (κ1) is 18.9. The monoisotopic (exact) mass is 340 g/mol. The van der Waals surface area contributed by atoms with Crippen molar-refractivity contribution in [2.45, 2.75) is 67.5 Å². The number of aliphatic hydroxyl groups excluding tert-OH is 8. The highest BCUT2D eigenvalue weighted by molar-refractivity contribution is 4.97. The number of ether oxygens (including phenoxy) is 2. The Morgan fingerprint density at radius 1 is 0.478 bits per heavy atom. The van der Waals surface area contributed by atoms with Crippen LogP contribution in [-0.4, -0.2) is 115 Å². The normalized spacial score (nSPS) is 51.7. The Hall–Kier alpha value is -0.400. The maximum absolute atomic E-state index is 9.96. The molecule has 0 aromatic carbocycles. The van der Waals surface area contributed by atoms with Crippen LogP contribution in [0, 0.1) is 0 Å². The van der Waals surface area contributed by atoms with E-state index in [4.69, 9.17) is 19.7 Å². The van der Waals surface area contributed by atoms with Crippen LogP contribution in [0.15, 0.2) is 0 Å². The summed E-state index contributed by atoms with van der Waals surface area (Å²) < 4.78 is 10.6. The fourth-order valence-corrected chi connectivity index (χ4v) is 2.98. The molecule has 0 aliphatic carbocycles. The smallest absolute Gasteiger partial charge is 0.111 e. The second kappa shape index (κ2) is 7.66. The first-order chi connectivity index (χ1) is 10.8. The summed E-state index contributed by atoms with van der Waals surface area (Å²) >= 11 is 0. The van der Waals surface area contributed by atoms with Gasteiger partial charge in [-0.3, -0.25) is 0 Å². The van der Waals surface area contributed by atoms with Crippen LogP contribution in [0.4, 0.5) is 0 Å². The van der Waals surface area contributed by atoms with E-state index in [0.717, 1.165) is 0 Å². The van der Waals surface area contributed by atoms with Crippen LogP contribution in [0.2, 0.25) is 0 Å². The molecule has 0 spiro atoms. The molecule has 2 saturated heterocycles. The average molecular weight is 340 g/mol. The van der Waals surface area contributed by atoms with Gasteiger partial charge in [-0.1, -0.05) is 0 Å². The molecule has 2 heterocycles. The summed E-state index contributed by atoms with van der Waals surface area (Å²) in [5.41, 5.74) is 0. The second-order valence-corrected chi connectivity index (χ2v) is 5.97. The van der Waals surface area contributed by atoms with Gasteiger partial charge in [0.25, 0.3) is 0 Å². The van der Waals surface area contributed by atoms with Crippen molar-refractivity contribution in [2.75, 3.05) is 13.2 Å². The van der Waals surface area contributed by atoms with Crippen molar-refractivity contribution in [1.29, 1.82) is 0 Å². The van der Waals surface area contributed by atoms with Gasteiger partial charge in [0.05, 0.1) is 25.4 Å². The van der Waals surface area contributed by atoms with Gasteiger partial charge in [0.2, 0.25) is 0 Å². The van der Waals surface area contributed by atoms with Crippen molar-refractivity contribution in [3.8, 4) is 0 Å². The van der Waals surface area contributed by atoms with Crippen molar-refractivity contribution in [2.24, 2.45) is 0 Å². The minimum Gasteiger partial charge on any atom is -0.394 e. The second-order valence-electron chi connectivity index (χ2n) is 5.97. The lowest BCUT2D eigenvalue weighted by atomic mass is 9.87. The fourth-order valence-electron chi connectivity index (χ4n) is 2.98. The summed E-state index contributed by atoms with van der Waals surface area (Å²) in [5.74, 6) is 0. The van der Waals surface area contributed by atoms with Crippen molar-refractivity contribution in [1.82, 2.24) is 0 Å². The third kappa shape index (κ3) is 3.66. The lowest BCUT2D eigenvalue weighted by Crippen LogP contribution is -2.62. The molecular weight excluding hydrogens is 316 g/mol. The highest BCUT2D eigenvalue weighted by Crippen LogP contribution is 2.29. The predicted octanol–water partition coefficient (Wildman–Crippen LogP) is -4.94. The van der Waals surface area contributed by atoms with Crippen LogP contribution in [0.1, 0.15) is 6.42 Å². The van der Waals surface area contributed by atoms with Crippen molar-refractivity contribution in [3.05, 3.63) is 0 Å². The highest BCUT2D eigenvalue weighted by Gasteiger charge is 2.48. The van der Waals surface area contributed by atoms with Gasteiger partial charge in [-0.05, 0) is 0 Å². The van der Waals surface area contributed by atoms with E-state index in [1.807, 2.05) is 0 Å². The van der Waals surface area contributed by atoms with Gasteiger partial charge in [-0.25, -0.2) is 0 Å². The molecule has 0 saturated carbocycles. The minimum absolute atomic E-state index is 0.192. The molecule has 136 valence electrons. The topological polar surface area (TPSA) is 180 Å². The zero-order valence-electron chi connectivity index (χ0n) is 12.3. The Bertz CT molecular complexity index is 344. The molecule has 2 aliphatic rings.